The molecule has 16 heteroatoms. The number of H-pyrrole nitrogens is 1. The summed E-state index contributed by atoms with van der Waals surface area (Å²) in [4.78, 5) is 37.7. The van der Waals surface area contributed by atoms with Crippen LogP contribution in [0.25, 0.3) is 0 Å². The lowest BCUT2D eigenvalue weighted by Gasteiger charge is -2.26. The summed E-state index contributed by atoms with van der Waals surface area (Å²) in [7, 11) is -2.98. The Balaban J connectivity index is 1.82. The minimum atomic E-state index is -4.39. The summed E-state index contributed by atoms with van der Waals surface area (Å²) in [6.45, 7) is 2.45. The maximum absolute atomic E-state index is 13.6. The number of hydrogen-bond acceptors (Lipinski definition) is 9. The number of alkyl halides is 1. The zero-order chi connectivity index (χ0) is 26.7. The van der Waals surface area contributed by atoms with Crippen molar-refractivity contribution < 1.29 is 37.4 Å². The van der Waals surface area contributed by atoms with Crippen molar-refractivity contribution in [1.29, 1.82) is 0 Å². The van der Waals surface area contributed by atoms with Gasteiger partial charge in [0.1, 0.15) is 31.6 Å². The molecule has 2 heterocycles. The molecule has 1 fully saturated rings. The summed E-state index contributed by atoms with van der Waals surface area (Å²) in [5, 5.41) is 13.2. The third kappa shape index (κ3) is 6.44. The lowest BCUT2D eigenvalue weighted by molar-refractivity contribution is -0.144. The summed E-state index contributed by atoms with van der Waals surface area (Å²) < 4.78 is 48.1. The number of carbonyl (C=O) groups excluding carboxylic acids is 1. The minimum Gasteiger partial charge on any atom is -0.465 e. The molecule has 0 saturated carbocycles. The molecule has 1 aliphatic heterocycles. The molecule has 3 N–H and O–H groups in total. The van der Waals surface area contributed by atoms with Gasteiger partial charge in [0.05, 0.1) is 24.1 Å². The fourth-order valence-electron chi connectivity index (χ4n) is 3.44. The van der Waals surface area contributed by atoms with Gasteiger partial charge in [0.2, 0.25) is 0 Å². The topological polar surface area (TPSA) is 158 Å². The summed E-state index contributed by atoms with van der Waals surface area (Å²) in [6.07, 6.45) is -2.74. The normalized spacial score (nSPS) is 26.2. The second kappa shape index (κ2) is 11.3. The van der Waals surface area contributed by atoms with E-state index in [9.17, 15) is 28.4 Å². The van der Waals surface area contributed by atoms with Crippen LogP contribution in [0.1, 0.15) is 20.1 Å². The average molecular weight is 548 g/mol. The van der Waals surface area contributed by atoms with Crippen molar-refractivity contribution in [3.63, 3.8) is 0 Å². The molecule has 2 aromatic rings. The number of halogens is 2. The van der Waals surface area contributed by atoms with E-state index >= 15 is 0 Å². The predicted octanol–water partition coefficient (Wildman–Crippen LogP) is 0.247. The summed E-state index contributed by atoms with van der Waals surface area (Å²) in [5.41, 5.74) is -1.46. The van der Waals surface area contributed by atoms with Crippen molar-refractivity contribution in [3.8, 4) is 5.75 Å². The van der Waals surface area contributed by atoms with Crippen LogP contribution in [0.15, 0.2) is 46.1 Å². The molecule has 196 valence electrons. The highest BCUT2D eigenvalue weighted by atomic mass is 35.5. The molecule has 0 bridgehead atoms. The van der Waals surface area contributed by atoms with Crippen molar-refractivity contribution in [3.05, 3.63) is 63.2 Å². The fraction of sp³-hybridized carbons (Fsp3) is 0.450. The standard InChI is InChI=1S/C20H25BClFN3O9P/c1-3-32-17(29)11(2)25-36(31,35-13-6-4-5-12(23)9-13)33-10-14-16(28)20(21,22)18(34-14)26-8-7-15(27)24-19(26)30/h4-9,11,14,16,18,28H,3,10,21H2,1-2H3,(H,25,31)(H,24,27,30)/t11-,14+,16+,18+,20-,36+/m0/s1. The zero-order valence-electron chi connectivity index (χ0n) is 19.6. The quantitative estimate of drug-likeness (QED) is 0.163. The number of aliphatic hydroxyl groups is 1. The van der Waals surface area contributed by atoms with Crippen LogP contribution in [0.4, 0.5) is 4.39 Å². The van der Waals surface area contributed by atoms with E-state index in [0.29, 0.717) is 0 Å². The molecular formula is C20H25BClFN3O9P. The van der Waals surface area contributed by atoms with Gasteiger partial charge in [-0.3, -0.25) is 23.7 Å². The largest absolute Gasteiger partial charge is 0.465 e. The van der Waals surface area contributed by atoms with Gasteiger partial charge < -0.3 is 19.1 Å². The first kappa shape index (κ1) is 28.1. The van der Waals surface area contributed by atoms with E-state index in [-0.39, 0.29) is 12.4 Å². The maximum atomic E-state index is 13.6. The first-order valence-corrected chi connectivity index (χ1v) is 12.8. The van der Waals surface area contributed by atoms with E-state index in [1.54, 1.807) is 6.92 Å². The van der Waals surface area contributed by atoms with E-state index < -0.39 is 66.6 Å². The molecule has 1 aromatic carbocycles. The molecule has 36 heavy (non-hydrogen) atoms. The number of aromatic amines is 1. The third-order valence-electron chi connectivity index (χ3n) is 5.24. The monoisotopic (exact) mass is 547 g/mol. The number of nitrogens with one attached hydrogen (secondary N) is 2. The molecule has 0 amide bonds. The van der Waals surface area contributed by atoms with Crippen molar-refractivity contribution in [1.82, 2.24) is 14.6 Å². The molecular weight excluding hydrogens is 522 g/mol. The number of nitrogens with zero attached hydrogens (tertiary/aromatic N) is 1. The third-order valence-corrected chi connectivity index (χ3v) is 7.30. The number of aliphatic hydroxyl groups excluding tert-OH is 1. The highest BCUT2D eigenvalue weighted by Crippen LogP contribution is 2.47. The molecule has 1 aliphatic rings. The number of rotatable bonds is 10. The number of hydrogen-bond donors (Lipinski definition) is 3. The lowest BCUT2D eigenvalue weighted by Crippen LogP contribution is -2.45. The Morgan fingerprint density at radius 2 is 2.17 bits per heavy atom. The Hall–Kier alpha value is -2.48. The van der Waals surface area contributed by atoms with Gasteiger partial charge >= 0.3 is 19.4 Å². The van der Waals surface area contributed by atoms with Gasteiger partial charge in [0, 0.05) is 18.3 Å². The van der Waals surface area contributed by atoms with E-state index in [2.05, 4.69) is 10.1 Å². The van der Waals surface area contributed by atoms with E-state index in [1.807, 2.05) is 0 Å². The second-order valence-electron chi connectivity index (χ2n) is 8.09. The SMILES string of the molecule is B[C@]1(Cl)[C@H](O)[C@@H](CO[P@](=O)(N[C@@H](C)C(=O)OCC)Oc2cccc(F)c2)O[C@H]1n1ccc(=O)[nH]c1=O. The number of ether oxygens (including phenoxy) is 2. The molecule has 12 nitrogen and oxygen atoms in total. The number of benzene rings is 1. The number of esters is 1. The van der Waals surface area contributed by atoms with Crippen LogP contribution in [-0.2, 0) is 23.4 Å². The second-order valence-corrected chi connectivity index (χ2v) is 10.6. The first-order chi connectivity index (χ1) is 16.9. The van der Waals surface area contributed by atoms with Gasteiger partial charge in [-0.2, -0.15) is 5.09 Å². The van der Waals surface area contributed by atoms with Gasteiger partial charge in [0.15, 0.2) is 6.23 Å². The van der Waals surface area contributed by atoms with Gasteiger partial charge in [-0.25, -0.2) is 13.8 Å². The first-order valence-electron chi connectivity index (χ1n) is 10.8. The van der Waals surface area contributed by atoms with Crippen molar-refractivity contribution >= 4 is 33.2 Å². The molecule has 1 aromatic heterocycles. The van der Waals surface area contributed by atoms with Gasteiger partial charge in [-0.15, -0.1) is 11.6 Å². The Bertz CT molecular complexity index is 1260. The van der Waals surface area contributed by atoms with E-state index in [0.717, 1.165) is 29.0 Å². The number of aromatic nitrogens is 2. The highest BCUT2D eigenvalue weighted by Gasteiger charge is 2.53. The molecule has 1 saturated heterocycles. The van der Waals surface area contributed by atoms with Crippen molar-refractivity contribution in [2.45, 2.75) is 43.1 Å². The van der Waals surface area contributed by atoms with Crippen LogP contribution in [0.2, 0.25) is 0 Å². The molecule has 0 spiro atoms. The fourth-order valence-corrected chi connectivity index (χ4v) is 5.23. The summed E-state index contributed by atoms with van der Waals surface area (Å²) >= 11 is 6.48. The minimum absolute atomic E-state index is 0.0721. The zero-order valence-corrected chi connectivity index (χ0v) is 21.2. The van der Waals surface area contributed by atoms with Gasteiger partial charge in [-0.05, 0) is 26.0 Å². The Kier molecular flexibility index (Phi) is 8.81. The van der Waals surface area contributed by atoms with Crippen molar-refractivity contribution in [2.75, 3.05) is 13.2 Å². The molecule has 0 unspecified atom stereocenters. The maximum Gasteiger partial charge on any atom is 0.459 e. The highest BCUT2D eigenvalue weighted by molar-refractivity contribution is 7.52. The van der Waals surface area contributed by atoms with Crippen LogP contribution in [0.5, 0.6) is 5.75 Å². The Labute approximate surface area is 210 Å². The Morgan fingerprint density at radius 1 is 1.44 bits per heavy atom. The van der Waals surface area contributed by atoms with Gasteiger partial charge in [-0.1, -0.05) is 6.07 Å². The van der Waals surface area contributed by atoms with Gasteiger partial charge in [0.25, 0.3) is 5.56 Å². The molecule has 0 aliphatic carbocycles. The average Bonchev–Trinajstić information content (AvgIpc) is 3.01. The van der Waals surface area contributed by atoms with Crippen LogP contribution in [-0.4, -0.2) is 64.7 Å². The van der Waals surface area contributed by atoms with Crippen LogP contribution >= 0.6 is 19.3 Å². The van der Waals surface area contributed by atoms with Crippen LogP contribution in [0, 0.1) is 5.82 Å². The number of carbonyl (C=O) groups is 1. The summed E-state index contributed by atoms with van der Waals surface area (Å²) in [6, 6.07) is 4.68. The van der Waals surface area contributed by atoms with Crippen LogP contribution in [0.3, 0.4) is 0 Å². The van der Waals surface area contributed by atoms with E-state index in [4.69, 9.17) is 30.1 Å². The van der Waals surface area contributed by atoms with Crippen molar-refractivity contribution in [2.24, 2.45) is 0 Å². The van der Waals surface area contributed by atoms with Crippen LogP contribution < -0.4 is 20.9 Å². The van der Waals surface area contributed by atoms with E-state index in [1.165, 1.54) is 26.9 Å². The smallest absolute Gasteiger partial charge is 0.459 e. The predicted molar refractivity (Wildman–Crippen MR) is 128 cm³/mol. The summed E-state index contributed by atoms with van der Waals surface area (Å²) in [5.74, 6) is -1.57. The molecule has 6 atom stereocenters. The Morgan fingerprint density at radius 3 is 2.81 bits per heavy atom. The lowest BCUT2D eigenvalue weighted by atomic mass is 9.79. The molecule has 0 radical (unpaired) electrons. The molecule has 3 rings (SSSR count).